The van der Waals surface area contributed by atoms with Gasteiger partial charge in [0.15, 0.2) is 5.76 Å². The predicted octanol–water partition coefficient (Wildman–Crippen LogP) is 3.05. The van der Waals surface area contributed by atoms with Crippen molar-refractivity contribution in [2.45, 2.75) is 25.7 Å². The molecule has 0 aliphatic carbocycles. The topological polar surface area (TPSA) is 31.6 Å². The summed E-state index contributed by atoms with van der Waals surface area (Å²) in [6, 6.07) is 6.40. The zero-order valence-corrected chi connectivity index (χ0v) is 13.7. The third kappa shape index (κ3) is 2.65. The van der Waals surface area contributed by atoms with Crippen molar-refractivity contribution in [1.29, 1.82) is 0 Å². The highest BCUT2D eigenvalue weighted by molar-refractivity contribution is 6.88. The highest BCUT2D eigenvalue weighted by atomic mass is 28.3. The molecule has 3 nitrogen and oxygen atoms in total. The lowest BCUT2D eigenvalue weighted by atomic mass is 10.0. The van der Waals surface area contributed by atoms with E-state index >= 15 is 0 Å². The zero-order valence-electron chi connectivity index (χ0n) is 12.7. The standard InChI is InChI=1S/C17H20O3Si/c1-5-14-17(16-11-18-8-9-19-16)13-10-12(21(2,3)4)6-7-15(13)20-14/h1,6-7,10,16H,8-9,11H2,2-4H3. The van der Waals surface area contributed by atoms with Crippen molar-refractivity contribution < 1.29 is 13.9 Å². The van der Waals surface area contributed by atoms with Crippen molar-refractivity contribution in [2.75, 3.05) is 19.8 Å². The number of terminal acetylenes is 1. The summed E-state index contributed by atoms with van der Waals surface area (Å²) in [5.74, 6) is 3.21. The molecule has 3 rings (SSSR count). The van der Waals surface area contributed by atoms with E-state index < -0.39 is 8.07 Å². The molecule has 0 saturated carbocycles. The van der Waals surface area contributed by atoms with Crippen LogP contribution in [0.15, 0.2) is 22.6 Å². The first-order valence-electron chi connectivity index (χ1n) is 7.23. The number of furan rings is 1. The molecular weight excluding hydrogens is 280 g/mol. The first-order chi connectivity index (χ1) is 10.0. The molecule has 1 atom stereocenters. The van der Waals surface area contributed by atoms with Gasteiger partial charge >= 0.3 is 0 Å². The number of hydrogen-bond donors (Lipinski definition) is 0. The summed E-state index contributed by atoms with van der Waals surface area (Å²) in [6.07, 6.45) is 5.48. The van der Waals surface area contributed by atoms with Gasteiger partial charge in [0.1, 0.15) is 11.7 Å². The second-order valence-corrected chi connectivity index (χ2v) is 11.5. The summed E-state index contributed by atoms with van der Waals surface area (Å²) >= 11 is 0. The molecule has 1 unspecified atom stereocenters. The first kappa shape index (κ1) is 14.4. The number of fused-ring (bicyclic) bond motifs is 1. The molecule has 4 heteroatoms. The predicted molar refractivity (Wildman–Crippen MR) is 86.6 cm³/mol. The van der Waals surface area contributed by atoms with Gasteiger partial charge in [0.2, 0.25) is 0 Å². The molecule has 0 amide bonds. The second kappa shape index (κ2) is 5.34. The smallest absolute Gasteiger partial charge is 0.183 e. The van der Waals surface area contributed by atoms with Crippen LogP contribution >= 0.6 is 0 Å². The van der Waals surface area contributed by atoms with Crippen LogP contribution < -0.4 is 5.19 Å². The third-order valence-corrected chi connectivity index (χ3v) is 5.90. The lowest BCUT2D eigenvalue weighted by Crippen LogP contribution is -2.37. The normalized spacial score (nSPS) is 19.6. The van der Waals surface area contributed by atoms with Crippen LogP contribution in [0.4, 0.5) is 0 Å². The largest absolute Gasteiger partial charge is 0.447 e. The summed E-state index contributed by atoms with van der Waals surface area (Å²) in [4.78, 5) is 0. The van der Waals surface area contributed by atoms with E-state index in [0.29, 0.717) is 25.6 Å². The maximum absolute atomic E-state index is 5.83. The van der Waals surface area contributed by atoms with E-state index in [9.17, 15) is 0 Å². The average Bonchev–Trinajstić information content (AvgIpc) is 2.84. The molecule has 1 aliphatic rings. The Morgan fingerprint density at radius 3 is 2.67 bits per heavy atom. The third-order valence-electron chi connectivity index (χ3n) is 3.86. The Hall–Kier alpha value is -1.54. The van der Waals surface area contributed by atoms with Crippen LogP contribution in [-0.4, -0.2) is 27.9 Å². The molecule has 0 radical (unpaired) electrons. The molecule has 1 fully saturated rings. The van der Waals surface area contributed by atoms with Crippen LogP contribution in [0.5, 0.6) is 0 Å². The van der Waals surface area contributed by atoms with Crippen molar-refractivity contribution in [3.8, 4) is 12.3 Å². The molecule has 21 heavy (non-hydrogen) atoms. The van der Waals surface area contributed by atoms with E-state index in [2.05, 4.69) is 37.7 Å². The maximum Gasteiger partial charge on any atom is 0.183 e. The van der Waals surface area contributed by atoms with Crippen molar-refractivity contribution in [3.05, 3.63) is 29.5 Å². The van der Waals surface area contributed by atoms with Gasteiger partial charge in [-0.15, -0.1) is 6.42 Å². The molecule has 110 valence electrons. The Morgan fingerprint density at radius 2 is 2.05 bits per heavy atom. The van der Waals surface area contributed by atoms with Crippen LogP contribution in [-0.2, 0) is 9.47 Å². The first-order valence-corrected chi connectivity index (χ1v) is 10.7. The van der Waals surface area contributed by atoms with E-state index in [0.717, 1.165) is 16.5 Å². The summed E-state index contributed by atoms with van der Waals surface area (Å²) < 4.78 is 17.2. The van der Waals surface area contributed by atoms with E-state index in [1.165, 1.54) is 5.19 Å². The number of hydrogen-bond acceptors (Lipinski definition) is 3. The van der Waals surface area contributed by atoms with Crippen molar-refractivity contribution in [2.24, 2.45) is 0 Å². The molecule has 1 aromatic carbocycles. The Labute approximate surface area is 126 Å². The van der Waals surface area contributed by atoms with Gasteiger partial charge in [0, 0.05) is 10.9 Å². The summed E-state index contributed by atoms with van der Waals surface area (Å²) in [6.45, 7) is 8.75. The zero-order chi connectivity index (χ0) is 15.0. The molecule has 1 aliphatic heterocycles. The monoisotopic (exact) mass is 300 g/mol. The summed E-state index contributed by atoms with van der Waals surface area (Å²) in [5, 5.41) is 2.45. The Morgan fingerprint density at radius 1 is 1.24 bits per heavy atom. The molecule has 1 aromatic heterocycles. The van der Waals surface area contributed by atoms with Crippen molar-refractivity contribution in [3.63, 3.8) is 0 Å². The van der Waals surface area contributed by atoms with Gasteiger partial charge < -0.3 is 13.9 Å². The van der Waals surface area contributed by atoms with E-state index in [1.807, 2.05) is 6.07 Å². The quantitative estimate of drug-likeness (QED) is 0.631. The maximum atomic E-state index is 5.83. The van der Waals surface area contributed by atoms with Crippen LogP contribution in [0.1, 0.15) is 17.4 Å². The van der Waals surface area contributed by atoms with E-state index in [-0.39, 0.29) is 6.10 Å². The molecule has 0 spiro atoms. The van der Waals surface area contributed by atoms with E-state index in [4.69, 9.17) is 20.3 Å². The number of rotatable bonds is 2. The van der Waals surface area contributed by atoms with Crippen molar-refractivity contribution in [1.82, 2.24) is 0 Å². The highest BCUT2D eigenvalue weighted by Crippen LogP contribution is 2.33. The average molecular weight is 300 g/mol. The second-order valence-electron chi connectivity index (χ2n) is 6.38. The van der Waals surface area contributed by atoms with Gasteiger partial charge in [0.25, 0.3) is 0 Å². The highest BCUT2D eigenvalue weighted by Gasteiger charge is 2.26. The molecule has 1 saturated heterocycles. The van der Waals surface area contributed by atoms with E-state index in [1.54, 1.807) is 0 Å². The number of ether oxygens (including phenoxy) is 2. The minimum atomic E-state index is -1.39. The lowest BCUT2D eigenvalue weighted by Gasteiger charge is -2.23. The Balaban J connectivity index is 2.17. The minimum Gasteiger partial charge on any atom is -0.447 e. The fourth-order valence-electron chi connectivity index (χ4n) is 2.66. The molecule has 2 aromatic rings. The Kier molecular flexibility index (Phi) is 3.66. The van der Waals surface area contributed by atoms with Crippen LogP contribution in [0, 0.1) is 12.3 Å². The summed E-state index contributed by atoms with van der Waals surface area (Å²) in [5.41, 5.74) is 1.79. The molecule has 0 N–H and O–H groups in total. The minimum absolute atomic E-state index is 0.136. The molecule has 2 heterocycles. The van der Waals surface area contributed by atoms with Gasteiger partial charge in [-0.05, 0) is 12.0 Å². The molecular formula is C17H20O3Si. The van der Waals surface area contributed by atoms with Gasteiger partial charge in [0.05, 0.1) is 27.9 Å². The Bertz CT molecular complexity index is 697. The number of benzene rings is 1. The van der Waals surface area contributed by atoms with Gasteiger partial charge in [-0.3, -0.25) is 0 Å². The van der Waals surface area contributed by atoms with Crippen LogP contribution in [0.25, 0.3) is 11.0 Å². The fourth-order valence-corrected chi connectivity index (χ4v) is 3.83. The van der Waals surface area contributed by atoms with Crippen LogP contribution in [0.3, 0.4) is 0 Å². The molecule has 0 bridgehead atoms. The van der Waals surface area contributed by atoms with Gasteiger partial charge in [-0.25, -0.2) is 0 Å². The lowest BCUT2D eigenvalue weighted by molar-refractivity contribution is -0.0899. The summed E-state index contributed by atoms with van der Waals surface area (Å²) in [7, 11) is -1.39. The van der Waals surface area contributed by atoms with Crippen LogP contribution in [0.2, 0.25) is 19.6 Å². The van der Waals surface area contributed by atoms with Gasteiger partial charge in [-0.2, -0.15) is 0 Å². The van der Waals surface area contributed by atoms with Crippen molar-refractivity contribution >= 4 is 24.2 Å². The SMILES string of the molecule is C#Cc1oc2ccc([Si](C)(C)C)cc2c1C1COCCO1. The fraction of sp³-hybridized carbons (Fsp3) is 0.412. The van der Waals surface area contributed by atoms with Gasteiger partial charge in [-0.1, -0.05) is 37.0 Å².